The van der Waals surface area contributed by atoms with Crippen molar-refractivity contribution in [1.29, 1.82) is 0 Å². The number of carbonyl (C=O) groups is 1. The quantitative estimate of drug-likeness (QED) is 0.251. The minimum absolute atomic E-state index is 0.00952. The first-order valence-electron chi connectivity index (χ1n) is 11.7. The van der Waals surface area contributed by atoms with Crippen molar-refractivity contribution in [1.82, 2.24) is 30.5 Å². The van der Waals surface area contributed by atoms with Gasteiger partial charge in [-0.3, -0.25) is 4.79 Å². The van der Waals surface area contributed by atoms with E-state index in [0.29, 0.717) is 5.56 Å². The summed E-state index contributed by atoms with van der Waals surface area (Å²) in [7, 11) is 0. The van der Waals surface area contributed by atoms with Crippen molar-refractivity contribution in [3.05, 3.63) is 71.4 Å². The van der Waals surface area contributed by atoms with Crippen LogP contribution in [0.25, 0.3) is 11.5 Å². The second kappa shape index (κ2) is 9.41. The topological polar surface area (TPSA) is 151 Å². The smallest absolute Gasteiger partial charge is 0.256 e. The highest BCUT2D eigenvalue weighted by atomic mass is 19.1. The molecule has 196 valence electrons. The summed E-state index contributed by atoms with van der Waals surface area (Å²) < 4.78 is 34.5. The number of hydrogen-bond acceptors (Lipinski definition) is 10. The number of halogens is 2. The van der Waals surface area contributed by atoms with Crippen molar-refractivity contribution in [2.45, 2.75) is 38.2 Å². The second-order valence-corrected chi connectivity index (χ2v) is 9.36. The Kier molecular flexibility index (Phi) is 6.23. The molecule has 38 heavy (non-hydrogen) atoms. The molecule has 0 aliphatic carbocycles. The van der Waals surface area contributed by atoms with E-state index >= 15 is 0 Å². The van der Waals surface area contributed by atoms with Crippen LogP contribution >= 0.6 is 0 Å². The Morgan fingerprint density at radius 3 is 2.58 bits per heavy atom. The SMILES string of the molecule is CC(C)(O)c1nnc(-c2cnc(Nc3ccc4c(n3)C(C)(F)NC4=O)nc2N[C@H](CF)c2ccccc2)o1. The maximum atomic E-state index is 14.8. The Bertz CT molecular complexity index is 1490. The highest BCUT2D eigenvalue weighted by molar-refractivity contribution is 5.99. The largest absolute Gasteiger partial charge is 0.417 e. The zero-order chi connectivity index (χ0) is 27.1. The fraction of sp³-hybridized carbons (Fsp3) is 0.280. The number of amides is 1. The summed E-state index contributed by atoms with van der Waals surface area (Å²) in [5, 5.41) is 26.3. The fourth-order valence-electron chi connectivity index (χ4n) is 3.87. The molecule has 1 aromatic carbocycles. The van der Waals surface area contributed by atoms with E-state index < -0.39 is 30.0 Å². The first-order chi connectivity index (χ1) is 18.0. The summed E-state index contributed by atoms with van der Waals surface area (Å²) in [5.74, 6) is -2.29. The molecule has 0 spiro atoms. The van der Waals surface area contributed by atoms with Gasteiger partial charge in [-0.05, 0) is 38.5 Å². The Labute approximate surface area is 215 Å². The lowest BCUT2D eigenvalue weighted by Gasteiger charge is -2.19. The van der Waals surface area contributed by atoms with E-state index in [1.807, 2.05) is 6.07 Å². The van der Waals surface area contributed by atoms with E-state index in [2.05, 4.69) is 41.1 Å². The molecular formula is C25H24F2N8O3. The molecule has 11 nitrogen and oxygen atoms in total. The maximum absolute atomic E-state index is 14.8. The summed E-state index contributed by atoms with van der Waals surface area (Å²) in [5.41, 5.74) is -0.370. The van der Waals surface area contributed by atoms with Crippen molar-refractivity contribution in [2.24, 2.45) is 0 Å². The van der Waals surface area contributed by atoms with Gasteiger partial charge < -0.3 is 25.5 Å². The number of alkyl halides is 2. The van der Waals surface area contributed by atoms with Crippen molar-refractivity contribution in [3.63, 3.8) is 0 Å². The first-order valence-corrected chi connectivity index (χ1v) is 11.7. The predicted octanol–water partition coefficient (Wildman–Crippen LogP) is 3.90. The van der Waals surface area contributed by atoms with Crippen LogP contribution in [0.5, 0.6) is 0 Å². The number of fused-ring (bicyclic) bond motifs is 1. The second-order valence-electron chi connectivity index (χ2n) is 9.36. The Hall–Kier alpha value is -4.52. The Morgan fingerprint density at radius 1 is 1.13 bits per heavy atom. The molecule has 13 heteroatoms. The van der Waals surface area contributed by atoms with E-state index in [1.165, 1.54) is 39.1 Å². The van der Waals surface area contributed by atoms with Crippen LogP contribution in [-0.4, -0.2) is 42.8 Å². The highest BCUT2D eigenvalue weighted by Gasteiger charge is 2.41. The number of aromatic nitrogens is 5. The van der Waals surface area contributed by atoms with Crippen LogP contribution < -0.4 is 16.0 Å². The van der Waals surface area contributed by atoms with Crippen LogP contribution in [0.3, 0.4) is 0 Å². The predicted molar refractivity (Wildman–Crippen MR) is 133 cm³/mol. The number of aliphatic hydroxyl groups is 1. The molecule has 4 heterocycles. The number of pyridine rings is 1. The molecule has 4 N–H and O–H groups in total. The first kappa shape index (κ1) is 25.1. The molecule has 0 saturated heterocycles. The van der Waals surface area contributed by atoms with Crippen LogP contribution in [0.2, 0.25) is 0 Å². The number of nitrogens with one attached hydrogen (secondary N) is 3. The highest BCUT2D eigenvalue weighted by Crippen LogP contribution is 2.33. The van der Waals surface area contributed by atoms with Gasteiger partial charge in [0.1, 0.15) is 29.6 Å². The molecule has 1 unspecified atom stereocenters. The minimum Gasteiger partial charge on any atom is -0.417 e. The summed E-state index contributed by atoms with van der Waals surface area (Å²) in [6.45, 7) is 3.44. The van der Waals surface area contributed by atoms with Crippen LogP contribution in [0.1, 0.15) is 54.3 Å². The van der Waals surface area contributed by atoms with Gasteiger partial charge in [-0.2, -0.15) is 4.98 Å². The van der Waals surface area contributed by atoms with E-state index in [0.717, 1.165) is 0 Å². The summed E-state index contributed by atoms with van der Waals surface area (Å²) in [4.78, 5) is 24.9. The van der Waals surface area contributed by atoms with E-state index in [4.69, 9.17) is 4.42 Å². The van der Waals surface area contributed by atoms with Gasteiger partial charge in [0.2, 0.25) is 17.6 Å². The molecular weight excluding hydrogens is 498 g/mol. The maximum Gasteiger partial charge on any atom is 0.256 e. The van der Waals surface area contributed by atoms with Gasteiger partial charge in [-0.15, -0.1) is 10.2 Å². The molecule has 2 atom stereocenters. The number of benzene rings is 1. The van der Waals surface area contributed by atoms with E-state index in [-0.39, 0.29) is 46.2 Å². The Balaban J connectivity index is 1.52. The van der Waals surface area contributed by atoms with E-state index in [9.17, 15) is 18.7 Å². The molecule has 0 radical (unpaired) electrons. The molecule has 1 aliphatic heterocycles. The molecule has 1 amide bonds. The van der Waals surface area contributed by atoms with Gasteiger partial charge in [0.15, 0.2) is 0 Å². The Morgan fingerprint density at radius 2 is 1.89 bits per heavy atom. The monoisotopic (exact) mass is 522 g/mol. The number of nitrogens with zero attached hydrogens (tertiary/aromatic N) is 5. The summed E-state index contributed by atoms with van der Waals surface area (Å²) >= 11 is 0. The lowest BCUT2D eigenvalue weighted by Crippen LogP contribution is -2.31. The zero-order valence-corrected chi connectivity index (χ0v) is 20.7. The van der Waals surface area contributed by atoms with Gasteiger partial charge in [0, 0.05) is 6.20 Å². The van der Waals surface area contributed by atoms with Crippen LogP contribution in [-0.2, 0) is 11.4 Å². The third-order valence-corrected chi connectivity index (χ3v) is 5.81. The van der Waals surface area contributed by atoms with Crippen molar-refractivity contribution in [3.8, 4) is 11.5 Å². The molecule has 3 aromatic heterocycles. The lowest BCUT2D eigenvalue weighted by molar-refractivity contribution is 0.0487. The molecule has 0 bridgehead atoms. The van der Waals surface area contributed by atoms with Crippen LogP contribution in [0.4, 0.5) is 26.4 Å². The molecule has 4 aromatic rings. The van der Waals surface area contributed by atoms with Crippen LogP contribution in [0.15, 0.2) is 53.1 Å². The zero-order valence-electron chi connectivity index (χ0n) is 20.7. The van der Waals surface area contributed by atoms with Gasteiger partial charge in [-0.25, -0.2) is 18.7 Å². The number of hydrogen-bond donors (Lipinski definition) is 4. The number of anilines is 3. The summed E-state index contributed by atoms with van der Waals surface area (Å²) in [6, 6.07) is 11.1. The average molecular weight is 523 g/mol. The molecule has 0 fully saturated rings. The normalized spacial score (nSPS) is 17.6. The number of rotatable bonds is 8. The van der Waals surface area contributed by atoms with E-state index in [1.54, 1.807) is 24.3 Å². The van der Waals surface area contributed by atoms with Gasteiger partial charge in [-0.1, -0.05) is 30.3 Å². The number of carbonyl (C=O) groups excluding carboxylic acids is 1. The van der Waals surface area contributed by atoms with Crippen molar-refractivity contribution < 1.29 is 23.1 Å². The lowest BCUT2D eigenvalue weighted by atomic mass is 10.1. The van der Waals surface area contributed by atoms with Gasteiger partial charge >= 0.3 is 0 Å². The standard InChI is InChI=1S/C25H24F2N8O3/c1-24(2,37)22-35-34-21(38-22)15-12-28-23(32-19(15)29-16(11-26)13-7-5-4-6-8-13)31-17-10-9-14-18(30-17)25(3,27)33-20(14)36/h4-10,12,16,37H,11H2,1-3H3,(H,33,36)(H2,28,29,30,31,32)/t16-,25?/m1/s1. The molecule has 5 rings (SSSR count). The third-order valence-electron chi connectivity index (χ3n) is 5.81. The third kappa shape index (κ3) is 4.87. The van der Waals surface area contributed by atoms with Crippen molar-refractivity contribution >= 4 is 23.5 Å². The van der Waals surface area contributed by atoms with Gasteiger partial charge in [0.25, 0.3) is 11.8 Å². The fourth-order valence-corrected chi connectivity index (χ4v) is 3.87. The summed E-state index contributed by atoms with van der Waals surface area (Å²) in [6.07, 6.45) is 1.39. The van der Waals surface area contributed by atoms with Crippen LogP contribution in [0, 0.1) is 0 Å². The molecule has 0 saturated carbocycles. The average Bonchev–Trinajstić information content (AvgIpc) is 3.46. The van der Waals surface area contributed by atoms with Gasteiger partial charge in [0.05, 0.1) is 17.2 Å². The molecule has 1 aliphatic rings. The van der Waals surface area contributed by atoms with Crippen molar-refractivity contribution in [2.75, 3.05) is 17.3 Å². The minimum atomic E-state index is -2.12.